The summed E-state index contributed by atoms with van der Waals surface area (Å²) < 4.78 is 35.4. The number of amides is 2. The molecule has 1 unspecified atom stereocenters. The number of rotatable bonds is 10. The Morgan fingerprint density at radius 2 is 1.74 bits per heavy atom. The van der Waals surface area contributed by atoms with Gasteiger partial charge in [-0.1, -0.05) is 65.7 Å². The third-order valence-electron chi connectivity index (χ3n) is 9.25. The number of hydrogen-bond acceptors (Lipinski definition) is 7. The summed E-state index contributed by atoms with van der Waals surface area (Å²) in [4.78, 5) is 32.7. The molecule has 0 radical (unpaired) electrons. The maximum atomic E-state index is 14.0. The molecule has 262 valence electrons. The first kappa shape index (κ1) is 35.6. The van der Waals surface area contributed by atoms with Crippen LogP contribution in [0.5, 0.6) is 5.75 Å². The van der Waals surface area contributed by atoms with E-state index in [2.05, 4.69) is 10.3 Å². The Kier molecular flexibility index (Phi) is 10.6. The smallest absolute Gasteiger partial charge is 0.245 e. The Bertz CT molecular complexity index is 2050. The van der Waals surface area contributed by atoms with Crippen LogP contribution in [0.3, 0.4) is 0 Å². The first-order valence-corrected chi connectivity index (χ1v) is 18.6. The fourth-order valence-corrected chi connectivity index (χ4v) is 8.99. The van der Waals surface area contributed by atoms with Crippen LogP contribution >= 0.6 is 23.2 Å². The normalized spacial score (nSPS) is 17.2. The molecule has 2 aliphatic rings. The number of nitrogen functional groups attached to an aromatic ring is 1. The van der Waals surface area contributed by atoms with Crippen molar-refractivity contribution in [1.82, 2.24) is 19.5 Å². The minimum absolute atomic E-state index is 0.0214. The number of sulfonamides is 1. The number of benzene rings is 3. The van der Waals surface area contributed by atoms with Crippen molar-refractivity contribution in [1.29, 1.82) is 5.41 Å². The largest absolute Gasteiger partial charge is 0.487 e. The molecule has 3 aromatic carbocycles. The maximum Gasteiger partial charge on any atom is 0.245 e. The molecule has 0 aliphatic carbocycles. The van der Waals surface area contributed by atoms with E-state index in [4.69, 9.17) is 39.1 Å². The number of fused-ring (bicyclic) bond motifs is 1. The minimum atomic E-state index is -4.18. The fourth-order valence-electron chi connectivity index (χ4n) is 6.47. The summed E-state index contributed by atoms with van der Waals surface area (Å²) in [6.45, 7) is 2.92. The number of piperidine rings is 1. The molecule has 2 aliphatic heterocycles. The molecule has 11 nitrogen and oxygen atoms in total. The van der Waals surface area contributed by atoms with Crippen LogP contribution in [0.4, 0.5) is 0 Å². The summed E-state index contributed by atoms with van der Waals surface area (Å²) in [5.74, 6) is 0.0965. The summed E-state index contributed by atoms with van der Waals surface area (Å²) in [7, 11) is -4.18. The van der Waals surface area contributed by atoms with Crippen LogP contribution in [0.15, 0.2) is 71.6 Å². The Morgan fingerprint density at radius 3 is 2.46 bits per heavy atom. The van der Waals surface area contributed by atoms with Crippen LogP contribution in [0, 0.1) is 12.3 Å². The molecule has 0 spiro atoms. The van der Waals surface area contributed by atoms with Crippen LogP contribution in [-0.2, 0) is 32.6 Å². The number of halogens is 2. The van der Waals surface area contributed by atoms with Gasteiger partial charge in [0.05, 0.1) is 11.4 Å². The van der Waals surface area contributed by atoms with Gasteiger partial charge in [0.15, 0.2) is 0 Å². The summed E-state index contributed by atoms with van der Waals surface area (Å²) in [6, 6.07) is 18.2. The highest BCUT2D eigenvalue weighted by atomic mass is 35.5. The second-order valence-corrected chi connectivity index (χ2v) is 15.3. The number of ether oxygens (including phenoxy) is 1. The van der Waals surface area contributed by atoms with Crippen LogP contribution in [0.2, 0.25) is 10.0 Å². The van der Waals surface area contributed by atoms with E-state index in [0.29, 0.717) is 61.2 Å². The summed E-state index contributed by atoms with van der Waals surface area (Å²) in [6.07, 6.45) is 2.23. The molecule has 0 bridgehead atoms. The first-order chi connectivity index (χ1) is 23.9. The van der Waals surface area contributed by atoms with Crippen LogP contribution < -0.4 is 15.8 Å². The van der Waals surface area contributed by atoms with Gasteiger partial charge in [0.25, 0.3) is 0 Å². The number of nitrogens with two attached hydrogens (primary N) is 1. The van der Waals surface area contributed by atoms with Crippen molar-refractivity contribution < 1.29 is 22.7 Å². The lowest BCUT2D eigenvalue weighted by Gasteiger charge is -2.33. The molecule has 3 heterocycles. The van der Waals surface area contributed by atoms with E-state index in [1.807, 2.05) is 31.2 Å². The van der Waals surface area contributed by atoms with Gasteiger partial charge in [-0.3, -0.25) is 15.0 Å². The van der Waals surface area contributed by atoms with Crippen molar-refractivity contribution in [3.63, 3.8) is 0 Å². The van der Waals surface area contributed by atoms with Crippen molar-refractivity contribution in [2.24, 2.45) is 5.73 Å². The highest BCUT2D eigenvalue weighted by Crippen LogP contribution is 2.36. The number of aromatic nitrogens is 1. The maximum absolute atomic E-state index is 14.0. The third-order valence-corrected chi connectivity index (χ3v) is 12.1. The van der Waals surface area contributed by atoms with E-state index in [9.17, 15) is 18.0 Å². The molecule has 0 saturated carbocycles. The van der Waals surface area contributed by atoms with Gasteiger partial charge in [0.2, 0.25) is 21.8 Å². The Hall–Kier alpha value is -4.23. The summed E-state index contributed by atoms with van der Waals surface area (Å²) in [5.41, 5.74) is 8.75. The molecule has 2 fully saturated rings. The number of nitrogens with zero attached hydrogens (tertiary/aromatic N) is 3. The van der Waals surface area contributed by atoms with Gasteiger partial charge in [-0.25, -0.2) is 13.4 Å². The third kappa shape index (κ3) is 7.58. The molecule has 4 aromatic rings. The van der Waals surface area contributed by atoms with E-state index in [-0.39, 0.29) is 58.2 Å². The fraction of sp³-hybridized carbons (Fsp3) is 0.333. The molecule has 2 saturated heterocycles. The van der Waals surface area contributed by atoms with Gasteiger partial charge in [0.1, 0.15) is 34.6 Å². The lowest BCUT2D eigenvalue weighted by atomic mass is 10.0. The van der Waals surface area contributed by atoms with E-state index < -0.39 is 16.1 Å². The number of likely N-dealkylation sites (tertiary alicyclic amines) is 1. The molecule has 1 aromatic heterocycles. The molecule has 4 N–H and O–H groups in total. The molecule has 14 heteroatoms. The molecule has 2 amide bonds. The van der Waals surface area contributed by atoms with Crippen molar-refractivity contribution in [3.05, 3.63) is 99.2 Å². The van der Waals surface area contributed by atoms with E-state index >= 15 is 0 Å². The predicted octanol–water partition coefficient (Wildman–Crippen LogP) is 5.22. The second-order valence-electron chi connectivity index (χ2n) is 12.6. The van der Waals surface area contributed by atoms with Crippen LogP contribution in [0.1, 0.15) is 48.1 Å². The van der Waals surface area contributed by atoms with Gasteiger partial charge in [-0.2, -0.15) is 4.31 Å². The van der Waals surface area contributed by atoms with E-state index in [1.165, 1.54) is 16.4 Å². The van der Waals surface area contributed by atoms with Crippen molar-refractivity contribution in [3.8, 4) is 5.75 Å². The van der Waals surface area contributed by atoms with E-state index in [1.54, 1.807) is 35.2 Å². The predicted molar refractivity (Wildman–Crippen MR) is 193 cm³/mol. The monoisotopic (exact) mass is 736 g/mol. The van der Waals surface area contributed by atoms with E-state index in [0.717, 1.165) is 16.6 Å². The van der Waals surface area contributed by atoms with Gasteiger partial charge in [0, 0.05) is 52.9 Å². The highest BCUT2D eigenvalue weighted by molar-refractivity contribution is 7.89. The zero-order chi connectivity index (χ0) is 35.6. The number of nitrogens with one attached hydrogen (secondary N) is 2. The molecule has 6 rings (SSSR count). The van der Waals surface area contributed by atoms with Crippen molar-refractivity contribution >= 4 is 61.8 Å². The van der Waals surface area contributed by atoms with Crippen molar-refractivity contribution in [2.75, 3.05) is 19.6 Å². The topological polar surface area (TPSA) is 159 Å². The Balaban J connectivity index is 1.09. The molecule has 50 heavy (non-hydrogen) atoms. The highest BCUT2D eigenvalue weighted by Gasteiger charge is 2.41. The average Bonchev–Trinajstić information content (AvgIpc) is 3.60. The lowest BCUT2D eigenvalue weighted by Crippen LogP contribution is -2.52. The quantitative estimate of drug-likeness (QED) is 0.149. The van der Waals surface area contributed by atoms with Gasteiger partial charge in [-0.05, 0) is 62.4 Å². The standard InChI is InChI=1S/C36H38Cl2N6O5S/c1-22-7-10-24-4-2-6-30(34(24)41-22)49-21-27-28(37)13-14-31(33(27)38)50(47,48)44-17-3-5-29(44)36(46)42-26-15-18-43(19-16-26)32(45)20-23-8-11-25(12-9-23)35(39)40/h2,4,6-14,26,29H,3,5,15-21H2,1H3,(H3,39,40)(H,42,46). The Morgan fingerprint density at radius 1 is 1.00 bits per heavy atom. The van der Waals surface area contributed by atoms with Crippen molar-refractivity contribution in [2.45, 2.75) is 62.6 Å². The number of hydrogen-bond donors (Lipinski definition) is 3. The second kappa shape index (κ2) is 14.9. The SMILES string of the molecule is Cc1ccc2cccc(OCc3c(Cl)ccc(S(=O)(=O)N4CCCC4C(=O)NC4CCN(C(=O)Cc5ccc(C(=N)N)cc5)CC4)c3Cl)c2n1. The minimum Gasteiger partial charge on any atom is -0.487 e. The van der Waals surface area contributed by atoms with Gasteiger partial charge >= 0.3 is 0 Å². The zero-order valence-electron chi connectivity index (χ0n) is 27.5. The Labute approximate surface area is 301 Å². The summed E-state index contributed by atoms with van der Waals surface area (Å²) >= 11 is 13.3. The molecular formula is C36H38Cl2N6O5S. The van der Waals surface area contributed by atoms with Gasteiger partial charge in [-0.15, -0.1) is 0 Å². The number of amidine groups is 1. The van der Waals surface area contributed by atoms with Crippen LogP contribution in [0.25, 0.3) is 10.9 Å². The summed E-state index contributed by atoms with van der Waals surface area (Å²) in [5, 5.41) is 11.7. The van der Waals surface area contributed by atoms with Gasteiger partial charge < -0.3 is 20.7 Å². The number of aryl methyl sites for hydroxylation is 1. The first-order valence-electron chi connectivity index (χ1n) is 16.4. The number of carbonyl (C=O) groups is 2. The lowest BCUT2D eigenvalue weighted by molar-refractivity contribution is -0.131. The number of carbonyl (C=O) groups excluding carboxylic acids is 2. The molecular weight excluding hydrogens is 699 g/mol. The molecule has 1 atom stereocenters. The van der Waals surface area contributed by atoms with Crippen LogP contribution in [-0.4, -0.2) is 72.0 Å². The average molecular weight is 738 g/mol. The number of para-hydroxylation sites is 1. The zero-order valence-corrected chi connectivity index (χ0v) is 29.8. The number of pyridine rings is 1.